The van der Waals surface area contributed by atoms with E-state index in [-0.39, 0.29) is 5.91 Å². The molecule has 0 aliphatic carbocycles. The molecule has 0 radical (unpaired) electrons. The Hall–Kier alpha value is -3.41. The number of carbonyl (C=O) groups is 2. The number of rotatable bonds is 6. The third-order valence-corrected chi connectivity index (χ3v) is 4.86. The molecule has 0 saturated carbocycles. The van der Waals surface area contributed by atoms with Crippen LogP contribution in [0.15, 0.2) is 54.6 Å². The van der Waals surface area contributed by atoms with Crippen molar-refractivity contribution in [3.8, 4) is 5.69 Å². The van der Waals surface area contributed by atoms with Gasteiger partial charge in [-0.2, -0.15) is 5.10 Å². The highest BCUT2D eigenvalue weighted by Gasteiger charge is 2.18. The van der Waals surface area contributed by atoms with Crippen molar-refractivity contribution >= 4 is 17.6 Å². The lowest BCUT2D eigenvalue weighted by molar-refractivity contribution is -0.118. The number of nitrogens with zero attached hydrogens (tertiary/aromatic N) is 3. The first-order valence-corrected chi connectivity index (χ1v) is 9.47. The third-order valence-electron chi connectivity index (χ3n) is 4.86. The summed E-state index contributed by atoms with van der Waals surface area (Å²) in [4.78, 5) is 26.1. The number of ether oxygens (including phenoxy) is 1. The van der Waals surface area contributed by atoms with Crippen LogP contribution in [0.4, 0.5) is 5.69 Å². The number of hydrogen-bond donors (Lipinski definition) is 0. The van der Waals surface area contributed by atoms with Crippen LogP contribution in [0.25, 0.3) is 5.69 Å². The molecule has 6 nitrogen and oxygen atoms in total. The number of aromatic nitrogens is 2. The average molecular weight is 391 g/mol. The summed E-state index contributed by atoms with van der Waals surface area (Å²) in [5.74, 6) is -0.524. The van der Waals surface area contributed by atoms with Crippen LogP contribution >= 0.6 is 0 Å². The Balaban J connectivity index is 1.66. The summed E-state index contributed by atoms with van der Waals surface area (Å²) in [6.07, 6.45) is 0.951. The first-order chi connectivity index (χ1) is 13.9. The van der Waals surface area contributed by atoms with Gasteiger partial charge < -0.3 is 9.64 Å². The lowest BCUT2D eigenvalue weighted by Gasteiger charge is -2.20. The van der Waals surface area contributed by atoms with Crippen LogP contribution in [0.5, 0.6) is 0 Å². The number of benzene rings is 2. The van der Waals surface area contributed by atoms with Gasteiger partial charge in [0.1, 0.15) is 0 Å². The Morgan fingerprint density at radius 2 is 1.76 bits per heavy atom. The second-order valence-electron chi connectivity index (χ2n) is 6.97. The van der Waals surface area contributed by atoms with E-state index in [1.165, 1.54) is 12.0 Å². The molecular formula is C23H25N3O3. The maximum atomic E-state index is 12.7. The van der Waals surface area contributed by atoms with Gasteiger partial charge in [-0.3, -0.25) is 4.79 Å². The minimum atomic E-state index is -0.458. The van der Waals surface area contributed by atoms with E-state index in [4.69, 9.17) is 4.74 Å². The van der Waals surface area contributed by atoms with Crippen molar-refractivity contribution in [3.63, 3.8) is 0 Å². The fraction of sp³-hybridized carbons (Fsp3) is 0.261. The Morgan fingerprint density at radius 1 is 1.07 bits per heavy atom. The number of amides is 1. The lowest BCUT2D eigenvalue weighted by Crippen LogP contribution is -2.28. The van der Waals surface area contributed by atoms with Crippen molar-refractivity contribution in [2.24, 2.45) is 0 Å². The second-order valence-corrected chi connectivity index (χ2v) is 6.97. The van der Waals surface area contributed by atoms with E-state index in [2.05, 4.69) is 5.10 Å². The van der Waals surface area contributed by atoms with Crippen LogP contribution in [0.2, 0.25) is 0 Å². The van der Waals surface area contributed by atoms with E-state index < -0.39 is 5.97 Å². The summed E-state index contributed by atoms with van der Waals surface area (Å²) in [6, 6.07) is 17.0. The van der Waals surface area contributed by atoms with Crippen LogP contribution in [-0.4, -0.2) is 35.8 Å². The minimum Gasteiger partial charge on any atom is -0.465 e. The molecule has 3 aromatic rings. The fourth-order valence-corrected chi connectivity index (χ4v) is 3.30. The van der Waals surface area contributed by atoms with Crippen LogP contribution in [-0.2, 0) is 16.0 Å². The van der Waals surface area contributed by atoms with E-state index in [0.29, 0.717) is 24.1 Å². The molecule has 150 valence electrons. The van der Waals surface area contributed by atoms with Crippen molar-refractivity contribution in [2.45, 2.75) is 26.7 Å². The molecule has 6 heteroatoms. The molecule has 3 rings (SSSR count). The number of carbonyl (C=O) groups excluding carboxylic acids is 2. The summed E-state index contributed by atoms with van der Waals surface area (Å²) in [5.41, 5.74) is 5.04. The molecule has 0 bridgehead atoms. The smallest absolute Gasteiger partial charge is 0.339 e. The van der Waals surface area contributed by atoms with E-state index >= 15 is 0 Å². The van der Waals surface area contributed by atoms with Gasteiger partial charge in [0.15, 0.2) is 0 Å². The number of hydrogen-bond acceptors (Lipinski definition) is 4. The molecular weight excluding hydrogens is 366 g/mol. The van der Waals surface area contributed by atoms with Gasteiger partial charge in [-0.15, -0.1) is 0 Å². The summed E-state index contributed by atoms with van der Waals surface area (Å²) >= 11 is 0. The lowest BCUT2D eigenvalue weighted by atomic mass is 10.1. The zero-order valence-corrected chi connectivity index (χ0v) is 17.2. The van der Waals surface area contributed by atoms with Gasteiger partial charge in [-0.25, -0.2) is 9.48 Å². The van der Waals surface area contributed by atoms with Gasteiger partial charge in [0.05, 0.1) is 29.7 Å². The molecule has 1 heterocycles. The first kappa shape index (κ1) is 20.3. The van der Waals surface area contributed by atoms with Crippen LogP contribution < -0.4 is 4.90 Å². The van der Waals surface area contributed by atoms with Gasteiger partial charge >= 0.3 is 5.97 Å². The molecule has 0 fully saturated rings. The molecule has 2 aromatic carbocycles. The van der Waals surface area contributed by atoms with E-state index in [0.717, 1.165) is 22.6 Å². The number of para-hydroxylation sites is 1. The fourth-order valence-electron chi connectivity index (χ4n) is 3.30. The summed E-state index contributed by atoms with van der Waals surface area (Å²) in [7, 11) is 3.01. The van der Waals surface area contributed by atoms with Crippen LogP contribution in [0.1, 0.15) is 33.7 Å². The number of aryl methyl sites for hydroxylation is 3. The molecule has 0 N–H and O–H groups in total. The predicted octanol–water partition coefficient (Wildman–Crippen LogP) is 3.87. The zero-order chi connectivity index (χ0) is 21.0. The van der Waals surface area contributed by atoms with E-state index in [1.54, 1.807) is 31.3 Å². The Labute approximate surface area is 170 Å². The highest BCUT2D eigenvalue weighted by Crippen LogP contribution is 2.21. The number of methoxy groups -OCH3 is 1. The SMILES string of the molecule is COC(=O)c1ccccc1N(C)C(=O)CCc1ccc(-n2nc(C)cc2C)cc1. The molecule has 1 amide bonds. The van der Waals surface area contributed by atoms with Gasteiger partial charge in [0.2, 0.25) is 5.91 Å². The maximum Gasteiger partial charge on any atom is 0.339 e. The van der Waals surface area contributed by atoms with Crippen LogP contribution in [0, 0.1) is 13.8 Å². The van der Waals surface area contributed by atoms with Gasteiger partial charge in [0, 0.05) is 19.2 Å². The summed E-state index contributed by atoms with van der Waals surface area (Å²) in [5, 5.41) is 4.49. The van der Waals surface area contributed by atoms with Gasteiger partial charge in [-0.1, -0.05) is 24.3 Å². The predicted molar refractivity (Wildman–Crippen MR) is 113 cm³/mol. The molecule has 0 spiro atoms. The normalized spacial score (nSPS) is 10.6. The Kier molecular flexibility index (Phi) is 6.12. The van der Waals surface area contributed by atoms with Gasteiger partial charge in [-0.05, 0) is 56.2 Å². The Bertz CT molecular complexity index is 1020. The molecule has 0 unspecified atom stereocenters. The van der Waals surface area contributed by atoms with Gasteiger partial charge in [0.25, 0.3) is 0 Å². The van der Waals surface area contributed by atoms with Crippen molar-refractivity contribution < 1.29 is 14.3 Å². The van der Waals surface area contributed by atoms with E-state index in [9.17, 15) is 9.59 Å². The van der Waals surface area contributed by atoms with Crippen molar-refractivity contribution in [2.75, 3.05) is 19.1 Å². The van der Waals surface area contributed by atoms with Crippen molar-refractivity contribution in [1.29, 1.82) is 0 Å². The molecule has 29 heavy (non-hydrogen) atoms. The van der Waals surface area contributed by atoms with Crippen LogP contribution in [0.3, 0.4) is 0 Å². The minimum absolute atomic E-state index is 0.0658. The Morgan fingerprint density at radius 3 is 2.38 bits per heavy atom. The van der Waals surface area contributed by atoms with Crippen molar-refractivity contribution in [3.05, 3.63) is 77.1 Å². The van der Waals surface area contributed by atoms with Crippen molar-refractivity contribution in [1.82, 2.24) is 9.78 Å². The second kappa shape index (κ2) is 8.73. The largest absolute Gasteiger partial charge is 0.465 e. The highest BCUT2D eigenvalue weighted by atomic mass is 16.5. The molecule has 0 saturated heterocycles. The van der Waals surface area contributed by atoms with E-state index in [1.807, 2.05) is 48.9 Å². The monoisotopic (exact) mass is 391 g/mol. The average Bonchev–Trinajstić information content (AvgIpc) is 3.09. The standard InChI is InChI=1S/C23H25N3O3/c1-16-15-17(2)26(24-16)19-12-9-18(10-13-19)11-14-22(27)25(3)21-8-6-5-7-20(21)23(28)29-4/h5-10,12-13,15H,11,14H2,1-4H3. The molecule has 1 aromatic heterocycles. The quantitative estimate of drug-likeness (QED) is 0.599. The molecule has 0 aliphatic heterocycles. The maximum absolute atomic E-state index is 12.7. The summed E-state index contributed by atoms with van der Waals surface area (Å²) < 4.78 is 6.71. The number of anilines is 1. The highest BCUT2D eigenvalue weighted by molar-refractivity contribution is 6.02. The number of esters is 1. The zero-order valence-electron chi connectivity index (χ0n) is 17.2. The topological polar surface area (TPSA) is 64.4 Å². The third kappa shape index (κ3) is 4.54. The molecule has 0 aliphatic rings. The molecule has 0 atom stereocenters. The first-order valence-electron chi connectivity index (χ1n) is 9.47. The summed E-state index contributed by atoms with van der Waals surface area (Å²) in [6.45, 7) is 3.99.